The van der Waals surface area contributed by atoms with Crippen molar-refractivity contribution in [3.8, 4) is 11.1 Å². The van der Waals surface area contributed by atoms with Crippen LogP contribution in [-0.4, -0.2) is 17.1 Å². The van der Waals surface area contributed by atoms with E-state index in [1.54, 1.807) is 24.3 Å². The Morgan fingerprint density at radius 2 is 1.48 bits per heavy atom. The molecule has 136 valence electrons. The predicted molar refractivity (Wildman–Crippen MR) is 107 cm³/mol. The highest BCUT2D eigenvalue weighted by atomic mass is 35.5. The molecular weight excluding hydrogens is 366 g/mol. The van der Waals surface area contributed by atoms with E-state index in [-0.39, 0.29) is 5.91 Å². The number of hydrogen-bond acceptors (Lipinski definition) is 3. The fourth-order valence-corrected chi connectivity index (χ4v) is 2.64. The standard InChI is InChI=1S/C20H16ClN3O3/c21-15-6-1-12(2-7-15)14-5-10-17(22)18(11-14)24-19(25)13-3-8-16(9-4-13)23-20(26)27/h1-11,23H,22H2,(H,24,25)(H,26,27). The summed E-state index contributed by atoms with van der Waals surface area (Å²) < 4.78 is 0. The summed E-state index contributed by atoms with van der Waals surface area (Å²) >= 11 is 5.92. The summed E-state index contributed by atoms with van der Waals surface area (Å²) in [6, 6.07) is 18.8. The van der Waals surface area contributed by atoms with Gasteiger partial charge in [0, 0.05) is 16.3 Å². The smallest absolute Gasteiger partial charge is 0.409 e. The van der Waals surface area contributed by atoms with Crippen LogP contribution in [0, 0.1) is 0 Å². The maximum atomic E-state index is 12.5. The highest BCUT2D eigenvalue weighted by Crippen LogP contribution is 2.28. The number of nitrogens with one attached hydrogen (secondary N) is 2. The number of hydrogen-bond donors (Lipinski definition) is 4. The zero-order valence-electron chi connectivity index (χ0n) is 14.1. The van der Waals surface area contributed by atoms with Crippen LogP contribution >= 0.6 is 11.6 Å². The molecule has 0 saturated heterocycles. The van der Waals surface area contributed by atoms with Gasteiger partial charge in [-0.1, -0.05) is 29.8 Å². The van der Waals surface area contributed by atoms with Gasteiger partial charge in [0.05, 0.1) is 11.4 Å². The number of amides is 2. The van der Waals surface area contributed by atoms with Gasteiger partial charge in [0.2, 0.25) is 0 Å². The Balaban J connectivity index is 1.80. The Kier molecular flexibility index (Phi) is 5.28. The molecule has 0 unspecified atom stereocenters. The minimum Gasteiger partial charge on any atom is -0.465 e. The van der Waals surface area contributed by atoms with Crippen molar-refractivity contribution in [1.82, 2.24) is 0 Å². The second kappa shape index (κ2) is 7.80. The number of carbonyl (C=O) groups excluding carboxylic acids is 1. The lowest BCUT2D eigenvalue weighted by Crippen LogP contribution is -2.13. The number of nitrogens with two attached hydrogens (primary N) is 1. The molecule has 7 heteroatoms. The van der Waals surface area contributed by atoms with Crippen molar-refractivity contribution in [3.05, 3.63) is 77.3 Å². The molecule has 0 spiro atoms. The second-order valence-electron chi connectivity index (χ2n) is 5.77. The SMILES string of the molecule is Nc1ccc(-c2ccc(Cl)cc2)cc1NC(=O)c1ccc(NC(=O)O)cc1. The summed E-state index contributed by atoms with van der Waals surface area (Å²) in [6.07, 6.45) is -1.17. The van der Waals surface area contributed by atoms with Crippen LogP contribution in [0.25, 0.3) is 11.1 Å². The van der Waals surface area contributed by atoms with E-state index >= 15 is 0 Å². The van der Waals surface area contributed by atoms with Crippen LogP contribution < -0.4 is 16.4 Å². The zero-order valence-corrected chi connectivity index (χ0v) is 14.8. The van der Waals surface area contributed by atoms with Gasteiger partial charge in [0.25, 0.3) is 5.91 Å². The average molecular weight is 382 g/mol. The molecule has 0 aliphatic rings. The van der Waals surface area contributed by atoms with E-state index in [0.29, 0.717) is 27.6 Å². The van der Waals surface area contributed by atoms with Gasteiger partial charge in [-0.05, 0) is 59.7 Å². The number of benzene rings is 3. The normalized spacial score (nSPS) is 10.3. The largest absolute Gasteiger partial charge is 0.465 e. The van der Waals surface area contributed by atoms with Crippen LogP contribution in [0.15, 0.2) is 66.7 Å². The van der Waals surface area contributed by atoms with Gasteiger partial charge >= 0.3 is 6.09 Å². The summed E-state index contributed by atoms with van der Waals surface area (Å²) in [5, 5.41) is 14.3. The second-order valence-corrected chi connectivity index (χ2v) is 6.21. The van der Waals surface area contributed by atoms with E-state index in [1.165, 1.54) is 24.3 Å². The quantitative estimate of drug-likeness (QED) is 0.481. The van der Waals surface area contributed by atoms with Gasteiger partial charge in [-0.3, -0.25) is 10.1 Å². The van der Waals surface area contributed by atoms with Crippen LogP contribution in [0.5, 0.6) is 0 Å². The molecule has 3 aromatic carbocycles. The molecule has 0 aromatic heterocycles. The van der Waals surface area contributed by atoms with Gasteiger partial charge in [0.1, 0.15) is 0 Å². The Morgan fingerprint density at radius 1 is 0.852 bits per heavy atom. The fraction of sp³-hybridized carbons (Fsp3) is 0. The Hall–Kier alpha value is -3.51. The van der Waals surface area contributed by atoms with E-state index in [4.69, 9.17) is 22.4 Å². The summed E-state index contributed by atoms with van der Waals surface area (Å²) in [5.74, 6) is -0.350. The number of carbonyl (C=O) groups is 2. The Labute approximate surface area is 160 Å². The van der Waals surface area contributed by atoms with E-state index < -0.39 is 6.09 Å². The summed E-state index contributed by atoms with van der Waals surface area (Å²) in [7, 11) is 0. The number of nitrogen functional groups attached to an aromatic ring is 1. The molecule has 0 bridgehead atoms. The third-order valence-electron chi connectivity index (χ3n) is 3.88. The molecule has 0 heterocycles. The van der Waals surface area contributed by atoms with Crippen LogP contribution in [0.3, 0.4) is 0 Å². The highest BCUT2D eigenvalue weighted by Gasteiger charge is 2.10. The fourth-order valence-electron chi connectivity index (χ4n) is 2.51. The van der Waals surface area contributed by atoms with Crippen molar-refractivity contribution in [2.45, 2.75) is 0 Å². The van der Waals surface area contributed by atoms with Crippen LogP contribution in [0.2, 0.25) is 5.02 Å². The molecule has 2 amide bonds. The lowest BCUT2D eigenvalue weighted by atomic mass is 10.0. The zero-order chi connectivity index (χ0) is 19.4. The lowest BCUT2D eigenvalue weighted by Gasteiger charge is -2.11. The first kappa shape index (κ1) is 18.3. The first-order chi connectivity index (χ1) is 12.9. The van der Waals surface area contributed by atoms with E-state index in [9.17, 15) is 9.59 Å². The summed E-state index contributed by atoms with van der Waals surface area (Å²) in [5.41, 5.74) is 9.49. The van der Waals surface area contributed by atoms with Gasteiger partial charge in [-0.15, -0.1) is 0 Å². The molecule has 3 aromatic rings. The first-order valence-corrected chi connectivity index (χ1v) is 8.37. The maximum Gasteiger partial charge on any atom is 0.409 e. The summed E-state index contributed by atoms with van der Waals surface area (Å²) in [6.45, 7) is 0. The van der Waals surface area contributed by atoms with E-state index in [0.717, 1.165) is 11.1 Å². The van der Waals surface area contributed by atoms with Gasteiger partial charge in [-0.25, -0.2) is 4.79 Å². The van der Waals surface area contributed by atoms with Crippen molar-refractivity contribution in [2.24, 2.45) is 0 Å². The van der Waals surface area contributed by atoms with Crippen molar-refractivity contribution in [1.29, 1.82) is 0 Å². The van der Waals surface area contributed by atoms with Gasteiger partial charge in [0.15, 0.2) is 0 Å². The average Bonchev–Trinajstić information content (AvgIpc) is 2.64. The third-order valence-corrected chi connectivity index (χ3v) is 4.13. The lowest BCUT2D eigenvalue weighted by molar-refractivity contribution is 0.102. The van der Waals surface area contributed by atoms with Crippen LogP contribution in [0.1, 0.15) is 10.4 Å². The third kappa shape index (κ3) is 4.56. The monoisotopic (exact) mass is 381 g/mol. The Bertz CT molecular complexity index is 986. The molecular formula is C20H16ClN3O3. The molecule has 0 radical (unpaired) electrons. The molecule has 0 aliphatic heterocycles. The maximum absolute atomic E-state index is 12.5. The molecule has 5 N–H and O–H groups in total. The number of carboxylic acid groups (broad SMARTS) is 1. The molecule has 3 rings (SSSR count). The minimum absolute atomic E-state index is 0.350. The highest BCUT2D eigenvalue weighted by molar-refractivity contribution is 6.30. The van der Waals surface area contributed by atoms with Crippen LogP contribution in [0.4, 0.5) is 21.9 Å². The molecule has 0 fully saturated rings. The first-order valence-electron chi connectivity index (χ1n) is 7.99. The van der Waals surface area contributed by atoms with Crippen molar-refractivity contribution in [3.63, 3.8) is 0 Å². The number of anilines is 3. The van der Waals surface area contributed by atoms with Crippen molar-refractivity contribution >= 4 is 40.7 Å². The van der Waals surface area contributed by atoms with Crippen LogP contribution in [-0.2, 0) is 0 Å². The van der Waals surface area contributed by atoms with Gasteiger partial charge in [-0.2, -0.15) is 0 Å². The Morgan fingerprint density at radius 3 is 2.11 bits per heavy atom. The number of halogens is 1. The minimum atomic E-state index is -1.17. The molecule has 6 nitrogen and oxygen atoms in total. The summed E-state index contributed by atoms with van der Waals surface area (Å²) in [4.78, 5) is 23.1. The predicted octanol–water partition coefficient (Wildman–Crippen LogP) is 4.93. The van der Waals surface area contributed by atoms with Crippen molar-refractivity contribution in [2.75, 3.05) is 16.4 Å². The van der Waals surface area contributed by atoms with E-state index in [2.05, 4.69) is 10.6 Å². The van der Waals surface area contributed by atoms with Gasteiger partial charge < -0.3 is 16.2 Å². The van der Waals surface area contributed by atoms with E-state index in [1.807, 2.05) is 18.2 Å². The van der Waals surface area contributed by atoms with Crippen molar-refractivity contribution < 1.29 is 14.7 Å². The molecule has 0 atom stereocenters. The molecule has 0 aliphatic carbocycles. The molecule has 27 heavy (non-hydrogen) atoms. The molecule has 0 saturated carbocycles. The topological polar surface area (TPSA) is 104 Å². The number of rotatable bonds is 4.